The zero-order chi connectivity index (χ0) is 10.6. The molecule has 1 aromatic rings. The maximum Gasteiger partial charge on any atom is 0.330 e. The van der Waals surface area contributed by atoms with Gasteiger partial charge in [0.2, 0.25) is 0 Å². The van der Waals surface area contributed by atoms with E-state index in [0.717, 1.165) is 0 Å². The van der Waals surface area contributed by atoms with E-state index in [2.05, 4.69) is 20.0 Å². The van der Waals surface area contributed by atoms with Gasteiger partial charge in [0.1, 0.15) is 11.4 Å². The number of anilines is 1. The van der Waals surface area contributed by atoms with Crippen LogP contribution in [0.5, 0.6) is 0 Å². The summed E-state index contributed by atoms with van der Waals surface area (Å²) in [6, 6.07) is 0. The van der Waals surface area contributed by atoms with E-state index in [-0.39, 0.29) is 5.97 Å². The lowest BCUT2D eigenvalue weighted by atomic mass is 10.1. The van der Waals surface area contributed by atoms with Crippen molar-refractivity contribution < 1.29 is 9.53 Å². The van der Waals surface area contributed by atoms with Gasteiger partial charge in [-0.3, -0.25) is 4.98 Å². The lowest BCUT2D eigenvalue weighted by Crippen LogP contribution is -2.41. The second-order valence-corrected chi connectivity index (χ2v) is 3.33. The molecule has 0 fully saturated rings. The highest BCUT2D eigenvalue weighted by molar-refractivity contribution is 5.82. The Morgan fingerprint density at radius 3 is 2.71 bits per heavy atom. The lowest BCUT2D eigenvalue weighted by molar-refractivity contribution is -0.144. The van der Waals surface area contributed by atoms with Crippen LogP contribution in [0, 0.1) is 0 Å². The van der Waals surface area contributed by atoms with Gasteiger partial charge in [0, 0.05) is 12.4 Å². The van der Waals surface area contributed by atoms with Gasteiger partial charge >= 0.3 is 5.97 Å². The molecular weight excluding hydrogens is 182 g/mol. The Morgan fingerprint density at radius 1 is 1.50 bits per heavy atom. The van der Waals surface area contributed by atoms with E-state index in [0.29, 0.717) is 5.82 Å². The van der Waals surface area contributed by atoms with Crippen LogP contribution in [0.15, 0.2) is 18.6 Å². The summed E-state index contributed by atoms with van der Waals surface area (Å²) in [4.78, 5) is 19.2. The molecule has 0 unspecified atom stereocenters. The first kappa shape index (κ1) is 10.4. The van der Waals surface area contributed by atoms with Gasteiger partial charge in [-0.15, -0.1) is 0 Å². The first-order valence-corrected chi connectivity index (χ1v) is 4.19. The van der Waals surface area contributed by atoms with Crippen molar-refractivity contribution in [2.75, 3.05) is 12.4 Å². The summed E-state index contributed by atoms with van der Waals surface area (Å²) in [6.07, 6.45) is 4.66. The Bertz CT molecular complexity index is 311. The van der Waals surface area contributed by atoms with Crippen LogP contribution in [-0.2, 0) is 9.53 Å². The van der Waals surface area contributed by atoms with Gasteiger partial charge in [0.15, 0.2) is 0 Å². The molecule has 5 nitrogen and oxygen atoms in total. The quantitative estimate of drug-likeness (QED) is 0.724. The van der Waals surface area contributed by atoms with Crippen molar-refractivity contribution in [2.24, 2.45) is 0 Å². The monoisotopic (exact) mass is 195 g/mol. The fraction of sp³-hybridized carbons (Fsp3) is 0.444. The van der Waals surface area contributed by atoms with Gasteiger partial charge in [-0.25, -0.2) is 9.78 Å². The van der Waals surface area contributed by atoms with E-state index in [1.165, 1.54) is 7.11 Å². The van der Waals surface area contributed by atoms with E-state index >= 15 is 0 Å². The summed E-state index contributed by atoms with van der Waals surface area (Å²) in [7, 11) is 1.35. The molecule has 1 N–H and O–H groups in total. The minimum Gasteiger partial charge on any atom is -0.467 e. The first-order valence-electron chi connectivity index (χ1n) is 4.19. The van der Waals surface area contributed by atoms with Crippen molar-refractivity contribution in [3.05, 3.63) is 18.6 Å². The van der Waals surface area contributed by atoms with Crippen LogP contribution in [0.2, 0.25) is 0 Å². The summed E-state index contributed by atoms with van der Waals surface area (Å²) in [5, 5.41) is 2.92. The minimum absolute atomic E-state index is 0.344. The molecule has 1 rings (SSSR count). The predicted octanol–water partition coefficient (Wildman–Crippen LogP) is 0.840. The molecule has 0 aromatic carbocycles. The van der Waals surface area contributed by atoms with Gasteiger partial charge in [-0.05, 0) is 13.8 Å². The molecule has 0 aliphatic heterocycles. The molecule has 0 amide bonds. The predicted molar refractivity (Wildman–Crippen MR) is 51.7 cm³/mol. The molecule has 0 saturated carbocycles. The fourth-order valence-electron chi connectivity index (χ4n) is 0.990. The Labute approximate surface area is 82.5 Å². The number of carbonyl (C=O) groups excluding carboxylic acids is 1. The number of ether oxygens (including phenoxy) is 1. The van der Waals surface area contributed by atoms with E-state index in [9.17, 15) is 4.79 Å². The highest BCUT2D eigenvalue weighted by atomic mass is 16.5. The van der Waals surface area contributed by atoms with Crippen LogP contribution < -0.4 is 5.32 Å². The van der Waals surface area contributed by atoms with Crippen molar-refractivity contribution in [3.63, 3.8) is 0 Å². The number of carbonyl (C=O) groups is 1. The topological polar surface area (TPSA) is 64.1 Å². The van der Waals surface area contributed by atoms with Crippen molar-refractivity contribution in [3.8, 4) is 0 Å². The van der Waals surface area contributed by atoms with Gasteiger partial charge < -0.3 is 10.1 Å². The molecule has 76 valence electrons. The van der Waals surface area contributed by atoms with Crippen LogP contribution in [0.3, 0.4) is 0 Å². The number of hydrogen-bond acceptors (Lipinski definition) is 5. The van der Waals surface area contributed by atoms with Crippen molar-refractivity contribution in [1.82, 2.24) is 9.97 Å². The molecular formula is C9H13N3O2. The molecule has 0 aliphatic rings. The van der Waals surface area contributed by atoms with Gasteiger partial charge in [0.25, 0.3) is 0 Å². The van der Waals surface area contributed by atoms with Gasteiger partial charge in [0.05, 0.1) is 13.3 Å². The largest absolute Gasteiger partial charge is 0.467 e. The zero-order valence-corrected chi connectivity index (χ0v) is 8.44. The fourth-order valence-corrected chi connectivity index (χ4v) is 0.990. The SMILES string of the molecule is COC(=O)C(C)(C)Nc1cnccn1. The Kier molecular flexibility index (Phi) is 3.01. The molecule has 0 spiro atoms. The maximum absolute atomic E-state index is 11.3. The maximum atomic E-state index is 11.3. The van der Waals surface area contributed by atoms with E-state index in [1.807, 2.05) is 0 Å². The number of nitrogens with zero attached hydrogens (tertiary/aromatic N) is 2. The Balaban J connectivity index is 2.73. The number of hydrogen-bond donors (Lipinski definition) is 1. The van der Waals surface area contributed by atoms with Crippen LogP contribution in [0.1, 0.15) is 13.8 Å². The summed E-state index contributed by atoms with van der Waals surface area (Å²) < 4.78 is 4.64. The lowest BCUT2D eigenvalue weighted by Gasteiger charge is -2.23. The summed E-state index contributed by atoms with van der Waals surface area (Å²) in [6.45, 7) is 3.43. The summed E-state index contributed by atoms with van der Waals surface area (Å²) in [5.41, 5.74) is -0.801. The standard InChI is InChI=1S/C9H13N3O2/c1-9(2,8(13)14-3)12-7-6-10-4-5-11-7/h4-6H,1-3H3,(H,11,12). The number of esters is 1. The number of rotatable bonds is 3. The molecule has 0 aliphatic carbocycles. The number of nitrogens with one attached hydrogen (secondary N) is 1. The minimum atomic E-state index is -0.801. The Morgan fingerprint density at radius 2 is 2.21 bits per heavy atom. The third kappa shape index (κ3) is 2.42. The molecule has 0 saturated heterocycles. The average molecular weight is 195 g/mol. The average Bonchev–Trinajstić information content (AvgIpc) is 2.17. The highest BCUT2D eigenvalue weighted by Gasteiger charge is 2.28. The van der Waals surface area contributed by atoms with Crippen LogP contribution in [0.25, 0.3) is 0 Å². The molecule has 14 heavy (non-hydrogen) atoms. The molecule has 0 atom stereocenters. The van der Waals surface area contributed by atoms with Gasteiger partial charge in [-0.1, -0.05) is 0 Å². The number of methoxy groups -OCH3 is 1. The van der Waals surface area contributed by atoms with Crippen LogP contribution >= 0.6 is 0 Å². The molecule has 0 radical (unpaired) electrons. The molecule has 5 heteroatoms. The zero-order valence-electron chi connectivity index (χ0n) is 8.44. The van der Waals surface area contributed by atoms with E-state index in [1.54, 1.807) is 32.4 Å². The van der Waals surface area contributed by atoms with Crippen molar-refractivity contribution in [1.29, 1.82) is 0 Å². The Hall–Kier alpha value is -1.65. The second-order valence-electron chi connectivity index (χ2n) is 3.33. The van der Waals surface area contributed by atoms with Crippen LogP contribution in [0.4, 0.5) is 5.82 Å². The second kappa shape index (κ2) is 4.04. The third-order valence-electron chi connectivity index (χ3n) is 1.70. The van der Waals surface area contributed by atoms with E-state index < -0.39 is 5.54 Å². The van der Waals surface area contributed by atoms with Crippen molar-refractivity contribution >= 4 is 11.8 Å². The first-order chi connectivity index (χ1) is 6.56. The summed E-state index contributed by atoms with van der Waals surface area (Å²) >= 11 is 0. The molecule has 1 heterocycles. The highest BCUT2D eigenvalue weighted by Crippen LogP contribution is 2.12. The molecule has 0 bridgehead atoms. The van der Waals surface area contributed by atoms with Crippen LogP contribution in [-0.4, -0.2) is 28.6 Å². The normalized spacial score (nSPS) is 10.8. The van der Waals surface area contributed by atoms with Gasteiger partial charge in [-0.2, -0.15) is 0 Å². The van der Waals surface area contributed by atoms with E-state index in [4.69, 9.17) is 0 Å². The summed E-state index contributed by atoms with van der Waals surface area (Å²) in [5.74, 6) is 0.200. The third-order valence-corrected chi connectivity index (χ3v) is 1.70. The smallest absolute Gasteiger partial charge is 0.330 e. The number of aromatic nitrogens is 2. The molecule has 1 aromatic heterocycles. The van der Waals surface area contributed by atoms with Crippen molar-refractivity contribution in [2.45, 2.75) is 19.4 Å².